The molecule has 3 heteroatoms. The molecule has 0 amide bonds. The number of anilines is 1. The second kappa shape index (κ2) is 4.52. The zero-order valence-corrected chi connectivity index (χ0v) is 10.4. The van der Waals surface area contributed by atoms with Crippen molar-refractivity contribution in [2.45, 2.75) is 19.8 Å². The molecule has 0 saturated carbocycles. The van der Waals surface area contributed by atoms with E-state index in [2.05, 4.69) is 27.8 Å². The second-order valence-electron chi connectivity index (χ2n) is 4.27. The van der Waals surface area contributed by atoms with Gasteiger partial charge in [0.25, 0.3) is 0 Å². The zero-order chi connectivity index (χ0) is 10.8. The van der Waals surface area contributed by atoms with Crippen molar-refractivity contribution in [2.75, 3.05) is 18.0 Å². The lowest BCUT2D eigenvalue weighted by molar-refractivity contribution is 0.438. The summed E-state index contributed by atoms with van der Waals surface area (Å²) in [7, 11) is 0. The first-order valence-electron chi connectivity index (χ1n) is 5.37. The highest BCUT2D eigenvalue weighted by Gasteiger charge is 2.16. The predicted octanol–water partition coefficient (Wildman–Crippen LogP) is 3.82. The summed E-state index contributed by atoms with van der Waals surface area (Å²) in [6.07, 6.45) is 2.46. The molecule has 82 valence electrons. The van der Waals surface area contributed by atoms with Gasteiger partial charge in [-0.3, -0.25) is 0 Å². The van der Waals surface area contributed by atoms with Crippen molar-refractivity contribution in [3.63, 3.8) is 0 Å². The summed E-state index contributed by atoms with van der Waals surface area (Å²) in [5.41, 5.74) is 1.12. The molecule has 1 saturated heterocycles. The minimum Gasteiger partial charge on any atom is -0.371 e. The van der Waals surface area contributed by atoms with Crippen LogP contribution in [0.4, 0.5) is 10.1 Å². The Balaban J connectivity index is 2.12. The molecule has 2 rings (SSSR count). The van der Waals surface area contributed by atoms with Crippen LogP contribution < -0.4 is 4.90 Å². The summed E-state index contributed by atoms with van der Waals surface area (Å²) in [5.74, 6) is 0.634. The molecule has 1 heterocycles. The topological polar surface area (TPSA) is 3.24 Å². The van der Waals surface area contributed by atoms with Gasteiger partial charge in [0, 0.05) is 18.8 Å². The number of halogens is 2. The van der Waals surface area contributed by atoms with Gasteiger partial charge in [0.2, 0.25) is 0 Å². The fourth-order valence-electron chi connectivity index (χ4n) is 1.95. The van der Waals surface area contributed by atoms with Crippen molar-refractivity contribution in [3.05, 3.63) is 28.5 Å². The van der Waals surface area contributed by atoms with E-state index in [1.54, 1.807) is 0 Å². The van der Waals surface area contributed by atoms with Crippen molar-refractivity contribution in [1.82, 2.24) is 0 Å². The van der Waals surface area contributed by atoms with Crippen molar-refractivity contribution in [3.8, 4) is 0 Å². The fraction of sp³-hybridized carbons (Fsp3) is 0.500. The van der Waals surface area contributed by atoms with Gasteiger partial charge in [-0.05, 0) is 52.9 Å². The van der Waals surface area contributed by atoms with E-state index in [0.29, 0.717) is 4.47 Å². The Morgan fingerprint density at radius 3 is 2.60 bits per heavy atom. The molecular formula is C12H15BrFN. The maximum absolute atomic E-state index is 13.1. The molecule has 15 heavy (non-hydrogen) atoms. The molecule has 0 radical (unpaired) electrons. The number of piperidine rings is 1. The molecule has 0 N–H and O–H groups in total. The Morgan fingerprint density at radius 1 is 1.33 bits per heavy atom. The number of hydrogen-bond acceptors (Lipinski definition) is 1. The Kier molecular flexibility index (Phi) is 3.29. The van der Waals surface area contributed by atoms with Crippen molar-refractivity contribution < 1.29 is 4.39 Å². The molecule has 0 atom stereocenters. The Hall–Kier alpha value is -0.570. The average molecular weight is 272 g/mol. The number of nitrogens with zero attached hydrogens (tertiary/aromatic N) is 1. The predicted molar refractivity (Wildman–Crippen MR) is 64.7 cm³/mol. The zero-order valence-electron chi connectivity index (χ0n) is 8.84. The van der Waals surface area contributed by atoms with Gasteiger partial charge >= 0.3 is 0 Å². The van der Waals surface area contributed by atoms with Gasteiger partial charge in [0.15, 0.2) is 0 Å². The highest BCUT2D eigenvalue weighted by atomic mass is 79.9. The molecule has 1 aliphatic heterocycles. The SMILES string of the molecule is CC1CCN(c2ccc(F)c(Br)c2)CC1. The fourth-order valence-corrected chi connectivity index (χ4v) is 2.32. The van der Waals surface area contributed by atoms with Crippen LogP contribution in [0, 0.1) is 11.7 Å². The van der Waals surface area contributed by atoms with Gasteiger partial charge in [-0.1, -0.05) is 6.92 Å². The van der Waals surface area contributed by atoms with E-state index in [1.807, 2.05) is 12.1 Å². The summed E-state index contributed by atoms with van der Waals surface area (Å²) < 4.78 is 13.6. The first kappa shape index (κ1) is 10.9. The summed E-state index contributed by atoms with van der Waals surface area (Å²) in [5, 5.41) is 0. The number of hydrogen-bond donors (Lipinski definition) is 0. The normalized spacial score (nSPS) is 18.2. The molecule has 1 nitrogen and oxygen atoms in total. The standard InChI is InChI=1S/C12H15BrFN/c1-9-4-6-15(7-5-9)10-2-3-12(14)11(13)8-10/h2-3,8-9H,4-7H2,1H3. The van der Waals surface area contributed by atoms with Crippen LogP contribution in [0.1, 0.15) is 19.8 Å². The van der Waals surface area contributed by atoms with Crippen LogP contribution in [-0.4, -0.2) is 13.1 Å². The monoisotopic (exact) mass is 271 g/mol. The maximum atomic E-state index is 13.1. The molecule has 0 unspecified atom stereocenters. The third-order valence-electron chi connectivity index (χ3n) is 3.05. The number of rotatable bonds is 1. The lowest BCUT2D eigenvalue weighted by atomic mass is 9.99. The van der Waals surface area contributed by atoms with Crippen LogP contribution in [0.5, 0.6) is 0 Å². The van der Waals surface area contributed by atoms with E-state index in [4.69, 9.17) is 0 Å². The summed E-state index contributed by atoms with van der Waals surface area (Å²) in [6.45, 7) is 4.45. The van der Waals surface area contributed by atoms with Crippen LogP contribution in [0.15, 0.2) is 22.7 Å². The van der Waals surface area contributed by atoms with Crippen LogP contribution in [-0.2, 0) is 0 Å². The molecule has 1 aromatic rings. The van der Waals surface area contributed by atoms with Crippen LogP contribution in [0.3, 0.4) is 0 Å². The minimum atomic E-state index is -0.191. The van der Waals surface area contributed by atoms with Gasteiger partial charge in [-0.2, -0.15) is 0 Å². The molecule has 0 aliphatic carbocycles. The molecule has 0 aromatic heterocycles. The van der Waals surface area contributed by atoms with Crippen LogP contribution >= 0.6 is 15.9 Å². The minimum absolute atomic E-state index is 0.191. The molecular weight excluding hydrogens is 257 g/mol. The smallest absolute Gasteiger partial charge is 0.137 e. The van der Waals surface area contributed by atoms with Crippen molar-refractivity contribution in [2.24, 2.45) is 5.92 Å². The molecule has 1 aromatic carbocycles. The first-order valence-corrected chi connectivity index (χ1v) is 6.16. The summed E-state index contributed by atoms with van der Waals surface area (Å²) in [6, 6.07) is 5.25. The third kappa shape index (κ3) is 2.51. The third-order valence-corrected chi connectivity index (χ3v) is 3.66. The van der Waals surface area contributed by atoms with Gasteiger partial charge in [0.05, 0.1) is 4.47 Å². The lowest BCUT2D eigenvalue weighted by Crippen LogP contribution is -2.32. The second-order valence-corrected chi connectivity index (χ2v) is 5.12. The Labute approximate surface area is 98.4 Å². The van der Waals surface area contributed by atoms with E-state index in [1.165, 1.54) is 18.9 Å². The van der Waals surface area contributed by atoms with Gasteiger partial charge in [-0.15, -0.1) is 0 Å². The van der Waals surface area contributed by atoms with E-state index in [-0.39, 0.29) is 5.82 Å². The Bertz CT molecular complexity index is 345. The number of benzene rings is 1. The molecule has 0 bridgehead atoms. The molecule has 1 fully saturated rings. The summed E-state index contributed by atoms with van der Waals surface area (Å²) >= 11 is 3.22. The molecule has 1 aliphatic rings. The highest BCUT2D eigenvalue weighted by Crippen LogP contribution is 2.26. The van der Waals surface area contributed by atoms with Gasteiger partial charge in [0.1, 0.15) is 5.82 Å². The molecule has 0 spiro atoms. The van der Waals surface area contributed by atoms with Crippen LogP contribution in [0.2, 0.25) is 0 Å². The largest absolute Gasteiger partial charge is 0.371 e. The average Bonchev–Trinajstić information content (AvgIpc) is 2.23. The first-order chi connectivity index (χ1) is 7.16. The van der Waals surface area contributed by atoms with Crippen molar-refractivity contribution >= 4 is 21.6 Å². The highest BCUT2D eigenvalue weighted by molar-refractivity contribution is 9.10. The Morgan fingerprint density at radius 2 is 2.00 bits per heavy atom. The van der Waals surface area contributed by atoms with Gasteiger partial charge < -0.3 is 4.90 Å². The van der Waals surface area contributed by atoms with Crippen molar-refractivity contribution in [1.29, 1.82) is 0 Å². The van der Waals surface area contributed by atoms with Gasteiger partial charge in [-0.25, -0.2) is 4.39 Å². The maximum Gasteiger partial charge on any atom is 0.137 e. The van der Waals surface area contributed by atoms with E-state index in [0.717, 1.165) is 24.7 Å². The lowest BCUT2D eigenvalue weighted by Gasteiger charge is -2.32. The quantitative estimate of drug-likeness (QED) is 0.751. The van der Waals surface area contributed by atoms with Crippen LogP contribution in [0.25, 0.3) is 0 Å². The summed E-state index contributed by atoms with van der Waals surface area (Å²) in [4.78, 5) is 2.32. The van der Waals surface area contributed by atoms with E-state index >= 15 is 0 Å². The van der Waals surface area contributed by atoms with E-state index in [9.17, 15) is 4.39 Å². The van der Waals surface area contributed by atoms with E-state index < -0.39 is 0 Å².